The smallest absolute Gasteiger partial charge is 0.309 e. The van der Waals surface area contributed by atoms with Crippen molar-refractivity contribution in [1.82, 2.24) is 14.9 Å². The summed E-state index contributed by atoms with van der Waals surface area (Å²) in [5.74, 6) is 6.12. The molecule has 1 aromatic heterocycles. The fourth-order valence-electron chi connectivity index (χ4n) is 1.24. The van der Waals surface area contributed by atoms with Crippen molar-refractivity contribution in [3.8, 4) is 0 Å². The predicted molar refractivity (Wildman–Crippen MR) is 70.5 cm³/mol. The summed E-state index contributed by atoms with van der Waals surface area (Å²) in [6, 6.07) is 0. The second-order valence-corrected chi connectivity index (χ2v) is 4.92. The van der Waals surface area contributed by atoms with Crippen molar-refractivity contribution in [3.05, 3.63) is 15.8 Å². The summed E-state index contributed by atoms with van der Waals surface area (Å²) in [6.45, 7) is 2.37. The summed E-state index contributed by atoms with van der Waals surface area (Å²) in [5.41, 5.74) is 2.55. The van der Waals surface area contributed by atoms with Crippen LogP contribution in [0.1, 0.15) is 5.69 Å². The molecule has 1 heterocycles. The number of aryl methyl sites for hydroxylation is 1. The van der Waals surface area contributed by atoms with E-state index in [1.165, 1.54) is 11.8 Å². The number of nitrogen functional groups attached to an aromatic ring is 1. The Kier molecular flexibility index (Phi) is 5.25. The number of rotatable bonds is 6. The van der Waals surface area contributed by atoms with Gasteiger partial charge in [-0.05, 0) is 21.0 Å². The van der Waals surface area contributed by atoms with Gasteiger partial charge in [-0.2, -0.15) is 4.98 Å². The summed E-state index contributed by atoms with van der Waals surface area (Å²) in [6.07, 6.45) is 0. The quantitative estimate of drug-likeness (QED) is 0.255. The van der Waals surface area contributed by atoms with Crippen molar-refractivity contribution in [2.24, 2.45) is 5.84 Å². The van der Waals surface area contributed by atoms with Crippen LogP contribution in [-0.2, 0) is 0 Å². The average Bonchev–Trinajstić information content (AvgIpc) is 2.27. The van der Waals surface area contributed by atoms with Gasteiger partial charge in [0, 0.05) is 12.3 Å². The van der Waals surface area contributed by atoms with Crippen LogP contribution in [0, 0.1) is 17.0 Å². The van der Waals surface area contributed by atoms with Crippen LogP contribution in [0.25, 0.3) is 0 Å². The molecule has 0 bridgehead atoms. The number of nitrogens with one attached hydrogen (secondary N) is 1. The molecule has 0 spiro atoms. The van der Waals surface area contributed by atoms with Crippen LogP contribution in [0.2, 0.25) is 0 Å². The molecule has 100 valence electrons. The Hall–Kier alpha value is -1.45. The maximum Gasteiger partial charge on any atom is 0.322 e. The Morgan fingerprint density at radius 3 is 2.67 bits per heavy atom. The number of hydrogen-bond donors (Lipinski definition) is 2. The van der Waals surface area contributed by atoms with Gasteiger partial charge in [-0.25, -0.2) is 10.8 Å². The summed E-state index contributed by atoms with van der Waals surface area (Å²) >= 11 is 1.32. The molecule has 18 heavy (non-hydrogen) atoms. The normalized spacial score (nSPS) is 10.7. The highest BCUT2D eigenvalue weighted by atomic mass is 32.2. The molecular weight excluding hydrogens is 256 g/mol. The molecule has 9 heteroatoms. The molecule has 0 unspecified atom stereocenters. The predicted octanol–water partition coefficient (Wildman–Crippen LogP) is 0.633. The molecular formula is C9H16N6O2S. The third-order valence-corrected chi connectivity index (χ3v) is 3.06. The van der Waals surface area contributed by atoms with Crippen LogP contribution in [0.4, 0.5) is 11.6 Å². The van der Waals surface area contributed by atoms with E-state index in [1.807, 2.05) is 19.0 Å². The molecule has 1 rings (SSSR count). The van der Waals surface area contributed by atoms with E-state index in [9.17, 15) is 10.1 Å². The molecule has 0 aliphatic heterocycles. The van der Waals surface area contributed by atoms with Crippen molar-refractivity contribution in [2.75, 3.05) is 31.8 Å². The Morgan fingerprint density at radius 1 is 1.50 bits per heavy atom. The minimum absolute atomic E-state index is 0.0576. The van der Waals surface area contributed by atoms with Crippen LogP contribution in [0.15, 0.2) is 5.03 Å². The average molecular weight is 272 g/mol. The number of nitro groups is 1. The first-order valence-electron chi connectivity index (χ1n) is 5.23. The second kappa shape index (κ2) is 6.47. The number of aromatic nitrogens is 2. The third kappa shape index (κ3) is 3.79. The molecule has 3 N–H and O–H groups in total. The van der Waals surface area contributed by atoms with Crippen molar-refractivity contribution in [2.45, 2.75) is 11.9 Å². The number of nitrogens with two attached hydrogens (primary N) is 1. The van der Waals surface area contributed by atoms with Gasteiger partial charge in [-0.15, -0.1) is 0 Å². The SMILES string of the molecule is Cc1nc(NN)nc(SCCN(C)C)c1[N+](=O)[O-]. The number of hydrazine groups is 1. The first-order chi connectivity index (χ1) is 8.45. The van der Waals surface area contributed by atoms with Crippen LogP contribution >= 0.6 is 11.8 Å². The van der Waals surface area contributed by atoms with Crippen molar-refractivity contribution in [1.29, 1.82) is 0 Å². The third-order valence-electron chi connectivity index (χ3n) is 2.12. The fraction of sp³-hybridized carbons (Fsp3) is 0.556. The van der Waals surface area contributed by atoms with E-state index in [1.54, 1.807) is 6.92 Å². The molecule has 0 saturated heterocycles. The van der Waals surface area contributed by atoms with Crippen LogP contribution < -0.4 is 11.3 Å². The highest BCUT2D eigenvalue weighted by Crippen LogP contribution is 2.30. The Morgan fingerprint density at radius 2 is 2.17 bits per heavy atom. The van der Waals surface area contributed by atoms with Crippen LogP contribution in [-0.4, -0.2) is 46.2 Å². The fourth-order valence-corrected chi connectivity index (χ4v) is 2.40. The highest BCUT2D eigenvalue weighted by molar-refractivity contribution is 7.99. The van der Waals surface area contributed by atoms with Gasteiger partial charge in [-0.3, -0.25) is 15.5 Å². The molecule has 0 saturated carbocycles. The lowest BCUT2D eigenvalue weighted by Gasteiger charge is -2.09. The van der Waals surface area contributed by atoms with Gasteiger partial charge in [0.2, 0.25) is 5.95 Å². The summed E-state index contributed by atoms with van der Waals surface area (Å²) < 4.78 is 0. The van der Waals surface area contributed by atoms with E-state index in [-0.39, 0.29) is 11.6 Å². The molecule has 0 amide bonds. The molecule has 0 fully saturated rings. The van der Waals surface area contributed by atoms with E-state index >= 15 is 0 Å². The van der Waals surface area contributed by atoms with Crippen molar-refractivity contribution in [3.63, 3.8) is 0 Å². The Labute approximate surface area is 109 Å². The topological polar surface area (TPSA) is 110 Å². The zero-order chi connectivity index (χ0) is 13.7. The van der Waals surface area contributed by atoms with Crippen LogP contribution in [0.3, 0.4) is 0 Å². The van der Waals surface area contributed by atoms with Gasteiger partial charge in [-0.1, -0.05) is 11.8 Å². The zero-order valence-electron chi connectivity index (χ0n) is 10.5. The minimum atomic E-state index is -0.465. The lowest BCUT2D eigenvalue weighted by Crippen LogP contribution is -2.16. The lowest BCUT2D eigenvalue weighted by atomic mass is 10.4. The van der Waals surface area contributed by atoms with Gasteiger partial charge >= 0.3 is 5.69 Å². The maximum atomic E-state index is 11.0. The van der Waals surface area contributed by atoms with Crippen molar-refractivity contribution >= 4 is 23.4 Å². The number of thioether (sulfide) groups is 1. The van der Waals surface area contributed by atoms with E-state index < -0.39 is 4.92 Å². The van der Waals surface area contributed by atoms with E-state index in [0.29, 0.717) is 16.5 Å². The van der Waals surface area contributed by atoms with Gasteiger partial charge in [0.25, 0.3) is 0 Å². The van der Waals surface area contributed by atoms with E-state index in [4.69, 9.17) is 5.84 Å². The number of nitrogens with zero attached hydrogens (tertiary/aromatic N) is 4. The zero-order valence-corrected chi connectivity index (χ0v) is 11.3. The van der Waals surface area contributed by atoms with Gasteiger partial charge in [0.15, 0.2) is 5.03 Å². The molecule has 8 nitrogen and oxygen atoms in total. The molecule has 0 aliphatic rings. The van der Waals surface area contributed by atoms with E-state index in [0.717, 1.165) is 6.54 Å². The standard InChI is InChI=1S/C9H16N6O2S/c1-6-7(15(16)17)8(12-9(11-6)13-10)18-5-4-14(2)3/h4-5,10H2,1-3H3,(H,11,12,13). The van der Waals surface area contributed by atoms with Crippen LogP contribution in [0.5, 0.6) is 0 Å². The Bertz CT molecular complexity index is 439. The lowest BCUT2D eigenvalue weighted by molar-refractivity contribution is -0.389. The first kappa shape index (κ1) is 14.6. The number of anilines is 1. The van der Waals surface area contributed by atoms with Gasteiger partial charge < -0.3 is 4.90 Å². The van der Waals surface area contributed by atoms with Gasteiger partial charge in [0.1, 0.15) is 5.69 Å². The maximum absolute atomic E-state index is 11.0. The monoisotopic (exact) mass is 272 g/mol. The largest absolute Gasteiger partial charge is 0.322 e. The first-order valence-corrected chi connectivity index (χ1v) is 6.21. The summed E-state index contributed by atoms with van der Waals surface area (Å²) in [5, 5.41) is 11.3. The molecule has 0 aromatic carbocycles. The molecule has 0 radical (unpaired) electrons. The minimum Gasteiger partial charge on any atom is -0.309 e. The highest BCUT2D eigenvalue weighted by Gasteiger charge is 2.22. The number of hydrogen-bond acceptors (Lipinski definition) is 8. The van der Waals surface area contributed by atoms with Gasteiger partial charge in [0.05, 0.1) is 4.92 Å². The molecule has 1 aromatic rings. The molecule has 0 aliphatic carbocycles. The summed E-state index contributed by atoms with van der Waals surface area (Å²) in [7, 11) is 3.88. The molecule has 0 atom stereocenters. The Balaban J connectivity index is 2.98. The summed E-state index contributed by atoms with van der Waals surface area (Å²) in [4.78, 5) is 20.4. The van der Waals surface area contributed by atoms with E-state index in [2.05, 4.69) is 15.4 Å². The second-order valence-electron chi connectivity index (χ2n) is 3.84. The van der Waals surface area contributed by atoms with Crippen molar-refractivity contribution < 1.29 is 4.92 Å².